The molecule has 3 rings (SSSR count). The number of carboxylic acids is 1. The summed E-state index contributed by atoms with van der Waals surface area (Å²) in [5.74, 6) is -1.21. The van der Waals surface area contributed by atoms with E-state index in [1.54, 1.807) is 12.1 Å². The van der Waals surface area contributed by atoms with E-state index in [0.717, 1.165) is 23.9 Å². The largest absolute Gasteiger partial charge is 0.501 e. The second kappa shape index (κ2) is 5.42. The number of anilines is 2. The number of carbonyl (C=O) groups is 1. The molecule has 5 nitrogen and oxygen atoms in total. The van der Waals surface area contributed by atoms with Crippen molar-refractivity contribution in [3.63, 3.8) is 0 Å². The highest BCUT2D eigenvalue weighted by atomic mass is 32.2. The van der Waals surface area contributed by atoms with E-state index < -0.39 is 26.2 Å². The molecule has 126 valence electrons. The number of alkyl halides is 3. The van der Waals surface area contributed by atoms with E-state index in [-0.39, 0.29) is 16.9 Å². The minimum Gasteiger partial charge on any atom is -0.478 e. The highest BCUT2D eigenvalue weighted by Gasteiger charge is 2.47. The summed E-state index contributed by atoms with van der Waals surface area (Å²) in [6.07, 6.45) is 0. The van der Waals surface area contributed by atoms with E-state index in [4.69, 9.17) is 0 Å². The molecule has 0 unspecified atom stereocenters. The summed E-state index contributed by atoms with van der Waals surface area (Å²) in [7, 11) is -5.48. The van der Waals surface area contributed by atoms with Gasteiger partial charge in [0.05, 0.1) is 21.8 Å². The van der Waals surface area contributed by atoms with Gasteiger partial charge in [0.25, 0.3) is 9.84 Å². The number of sulfone groups is 1. The van der Waals surface area contributed by atoms with Crippen LogP contribution in [0.4, 0.5) is 24.5 Å². The number of carboxylic acid groups (broad SMARTS) is 1. The van der Waals surface area contributed by atoms with Crippen LogP contribution in [-0.4, -0.2) is 25.0 Å². The summed E-state index contributed by atoms with van der Waals surface area (Å²) in [6.45, 7) is 0. The summed E-state index contributed by atoms with van der Waals surface area (Å²) in [6, 6.07) is 7.53. The molecule has 2 aromatic rings. The van der Waals surface area contributed by atoms with E-state index in [1.165, 1.54) is 12.1 Å². The molecular formula is C14H8F3NO4S2. The Bertz CT molecular complexity index is 955. The van der Waals surface area contributed by atoms with Crippen molar-refractivity contribution in [1.29, 1.82) is 0 Å². The lowest BCUT2D eigenvalue weighted by atomic mass is 10.1. The third-order valence-electron chi connectivity index (χ3n) is 3.30. The number of fused-ring (bicyclic) bond motifs is 2. The summed E-state index contributed by atoms with van der Waals surface area (Å²) < 4.78 is 61.0. The van der Waals surface area contributed by atoms with Gasteiger partial charge in [-0.25, -0.2) is 13.2 Å². The zero-order valence-corrected chi connectivity index (χ0v) is 13.2. The molecule has 0 saturated carbocycles. The molecule has 0 aliphatic carbocycles. The summed E-state index contributed by atoms with van der Waals surface area (Å²) in [4.78, 5) is 11.4. The first-order valence-electron chi connectivity index (χ1n) is 6.38. The summed E-state index contributed by atoms with van der Waals surface area (Å²) in [5, 5.41) is 11.9. The van der Waals surface area contributed by atoms with E-state index >= 15 is 0 Å². The molecule has 0 aromatic heterocycles. The normalized spacial score (nSPS) is 13.6. The van der Waals surface area contributed by atoms with Gasteiger partial charge < -0.3 is 10.4 Å². The third kappa shape index (κ3) is 2.61. The number of nitrogens with one attached hydrogen (secondary N) is 1. The topological polar surface area (TPSA) is 83.5 Å². The van der Waals surface area contributed by atoms with Gasteiger partial charge in [-0.3, -0.25) is 0 Å². The number of rotatable bonds is 2. The Kier molecular flexibility index (Phi) is 3.76. The molecule has 0 fully saturated rings. The first-order chi connectivity index (χ1) is 11.1. The second-order valence-corrected chi connectivity index (χ2v) is 7.84. The van der Waals surface area contributed by atoms with Gasteiger partial charge in [-0.15, -0.1) is 0 Å². The average molecular weight is 375 g/mol. The summed E-state index contributed by atoms with van der Waals surface area (Å²) >= 11 is 1.14. The molecule has 2 N–H and O–H groups in total. The first-order valence-corrected chi connectivity index (χ1v) is 8.68. The van der Waals surface area contributed by atoms with Gasteiger partial charge in [-0.05, 0) is 30.3 Å². The van der Waals surface area contributed by atoms with Crippen molar-refractivity contribution < 1.29 is 31.5 Å². The lowest BCUT2D eigenvalue weighted by Crippen LogP contribution is -2.23. The van der Waals surface area contributed by atoms with Gasteiger partial charge in [-0.1, -0.05) is 17.8 Å². The SMILES string of the molecule is O=C(O)c1cccc2c1Nc1cc(S(=O)(=O)C(F)(F)F)ccc1S2. The van der Waals surface area contributed by atoms with Gasteiger partial charge in [0.2, 0.25) is 0 Å². The number of aromatic carboxylic acids is 1. The quantitative estimate of drug-likeness (QED) is 0.707. The predicted octanol–water partition coefficient (Wildman–Crippen LogP) is 3.89. The minimum atomic E-state index is -5.48. The van der Waals surface area contributed by atoms with Crippen molar-refractivity contribution in [2.75, 3.05) is 5.32 Å². The fourth-order valence-electron chi connectivity index (χ4n) is 2.17. The Balaban J connectivity index is 2.10. The van der Waals surface area contributed by atoms with E-state index in [0.29, 0.717) is 9.79 Å². The van der Waals surface area contributed by atoms with Crippen molar-refractivity contribution in [2.24, 2.45) is 0 Å². The van der Waals surface area contributed by atoms with Crippen molar-refractivity contribution in [3.05, 3.63) is 42.0 Å². The fraction of sp³-hybridized carbons (Fsp3) is 0.0714. The number of hydrogen-bond donors (Lipinski definition) is 2. The van der Waals surface area contributed by atoms with Crippen molar-refractivity contribution in [1.82, 2.24) is 0 Å². The Morgan fingerprint density at radius 2 is 1.83 bits per heavy atom. The lowest BCUT2D eigenvalue weighted by Gasteiger charge is -2.23. The van der Waals surface area contributed by atoms with Gasteiger partial charge in [0.1, 0.15) is 0 Å². The average Bonchev–Trinajstić information content (AvgIpc) is 2.50. The molecule has 1 heterocycles. The van der Waals surface area contributed by atoms with Crippen LogP contribution in [0, 0.1) is 0 Å². The van der Waals surface area contributed by atoms with Crippen molar-refractivity contribution in [2.45, 2.75) is 20.2 Å². The first kappa shape index (κ1) is 16.7. The van der Waals surface area contributed by atoms with E-state index in [9.17, 15) is 31.5 Å². The van der Waals surface area contributed by atoms with Crippen molar-refractivity contribution in [3.8, 4) is 0 Å². The highest BCUT2D eigenvalue weighted by molar-refractivity contribution is 7.99. The molecule has 0 atom stereocenters. The molecule has 24 heavy (non-hydrogen) atoms. The molecule has 10 heteroatoms. The molecule has 0 bridgehead atoms. The molecule has 0 radical (unpaired) electrons. The number of hydrogen-bond acceptors (Lipinski definition) is 5. The number of benzene rings is 2. The van der Waals surface area contributed by atoms with Gasteiger partial charge in [-0.2, -0.15) is 13.2 Å². The van der Waals surface area contributed by atoms with Crippen LogP contribution in [0.2, 0.25) is 0 Å². The lowest BCUT2D eigenvalue weighted by molar-refractivity contribution is -0.0436. The zero-order chi connectivity index (χ0) is 17.7. The van der Waals surface area contributed by atoms with Crippen molar-refractivity contribution >= 4 is 38.9 Å². The molecular weight excluding hydrogens is 367 g/mol. The Labute approximate surface area is 138 Å². The van der Waals surface area contributed by atoms with Crippen LogP contribution >= 0.6 is 11.8 Å². The second-order valence-electron chi connectivity index (χ2n) is 4.82. The molecule has 1 aliphatic rings. The van der Waals surface area contributed by atoms with Gasteiger partial charge in [0, 0.05) is 9.79 Å². The standard InChI is InChI=1S/C14H8F3NO4S2/c15-14(16,17)24(21,22)7-4-5-10-9(6-7)18-12-8(13(19)20)2-1-3-11(12)23-10/h1-6,18H,(H,19,20). The van der Waals surface area contributed by atoms with E-state index in [1.807, 2.05) is 0 Å². The number of para-hydroxylation sites is 1. The van der Waals surface area contributed by atoms with Crippen LogP contribution < -0.4 is 5.32 Å². The van der Waals surface area contributed by atoms with E-state index in [2.05, 4.69) is 5.32 Å². The maximum atomic E-state index is 12.7. The van der Waals surface area contributed by atoms with Crippen LogP contribution in [-0.2, 0) is 9.84 Å². The monoisotopic (exact) mass is 375 g/mol. The molecule has 0 saturated heterocycles. The minimum absolute atomic E-state index is 0.0604. The van der Waals surface area contributed by atoms with Gasteiger partial charge >= 0.3 is 11.5 Å². The van der Waals surface area contributed by atoms with Crippen LogP contribution in [0.15, 0.2) is 51.1 Å². The predicted molar refractivity (Wildman–Crippen MR) is 80.5 cm³/mol. The third-order valence-corrected chi connectivity index (χ3v) is 5.92. The molecule has 1 aliphatic heterocycles. The Morgan fingerprint density at radius 3 is 2.46 bits per heavy atom. The van der Waals surface area contributed by atoms with Crippen LogP contribution in [0.1, 0.15) is 10.4 Å². The number of halogens is 3. The highest BCUT2D eigenvalue weighted by Crippen LogP contribution is 2.46. The zero-order valence-electron chi connectivity index (χ0n) is 11.6. The van der Waals surface area contributed by atoms with Crippen LogP contribution in [0.25, 0.3) is 0 Å². The Morgan fingerprint density at radius 1 is 1.12 bits per heavy atom. The molecule has 0 amide bonds. The molecule has 2 aromatic carbocycles. The summed E-state index contributed by atoms with van der Waals surface area (Å²) in [5.41, 5.74) is -5.15. The van der Waals surface area contributed by atoms with Crippen LogP contribution in [0.3, 0.4) is 0 Å². The molecule has 0 spiro atoms. The maximum absolute atomic E-state index is 12.7. The fourth-order valence-corrected chi connectivity index (χ4v) is 3.96. The Hall–Kier alpha value is -2.20. The smallest absolute Gasteiger partial charge is 0.478 e. The van der Waals surface area contributed by atoms with Gasteiger partial charge in [0.15, 0.2) is 0 Å². The van der Waals surface area contributed by atoms with Crippen LogP contribution in [0.5, 0.6) is 0 Å². The maximum Gasteiger partial charge on any atom is 0.501 e.